The molecular formula is C22H33N5O3. The Morgan fingerprint density at radius 1 is 1.13 bits per heavy atom. The zero-order valence-electron chi connectivity index (χ0n) is 18.2. The molecule has 30 heavy (non-hydrogen) atoms. The Hall–Kier alpha value is -2.61. The van der Waals surface area contributed by atoms with Gasteiger partial charge in [0.15, 0.2) is 0 Å². The maximum Gasteiger partial charge on any atom is 0.334 e. The summed E-state index contributed by atoms with van der Waals surface area (Å²) >= 11 is 0. The van der Waals surface area contributed by atoms with Crippen LogP contribution < -0.4 is 5.32 Å². The Bertz CT molecular complexity index is 756. The fraction of sp³-hybridized carbons (Fsp3) is 0.591. The average molecular weight is 416 g/mol. The Balaban J connectivity index is 1.82. The van der Waals surface area contributed by atoms with Crippen molar-refractivity contribution in [1.82, 2.24) is 25.1 Å². The summed E-state index contributed by atoms with van der Waals surface area (Å²) < 4.78 is 0. The molecule has 3 rings (SSSR count). The lowest BCUT2D eigenvalue weighted by molar-refractivity contribution is -0.187. The lowest BCUT2D eigenvalue weighted by Gasteiger charge is -2.54. The van der Waals surface area contributed by atoms with Crippen molar-refractivity contribution in [1.29, 1.82) is 0 Å². The fourth-order valence-corrected chi connectivity index (χ4v) is 4.26. The molecule has 8 nitrogen and oxygen atoms in total. The topological polar surface area (TPSA) is 76.2 Å². The summed E-state index contributed by atoms with van der Waals surface area (Å²) in [5.41, 5.74) is 1.01. The highest BCUT2D eigenvalue weighted by atomic mass is 16.2. The van der Waals surface area contributed by atoms with Crippen LogP contribution in [-0.2, 0) is 16.1 Å². The SMILES string of the molecule is CCCCN1CC2N(C(=O)CN(C)N2C(=O)NCc2ccccc2)[C@@H](CCC)C1=O. The Labute approximate surface area is 178 Å². The molecule has 0 bridgehead atoms. The Morgan fingerprint density at radius 3 is 2.53 bits per heavy atom. The summed E-state index contributed by atoms with van der Waals surface area (Å²) in [4.78, 5) is 42.6. The van der Waals surface area contributed by atoms with Gasteiger partial charge in [-0.15, -0.1) is 0 Å². The van der Waals surface area contributed by atoms with Gasteiger partial charge in [0.1, 0.15) is 12.2 Å². The molecule has 2 aliphatic heterocycles. The lowest BCUT2D eigenvalue weighted by Crippen LogP contribution is -2.75. The molecule has 164 valence electrons. The highest BCUT2D eigenvalue weighted by Gasteiger charge is 2.50. The van der Waals surface area contributed by atoms with Gasteiger partial charge >= 0.3 is 6.03 Å². The van der Waals surface area contributed by atoms with Gasteiger partial charge in [-0.25, -0.2) is 14.8 Å². The minimum absolute atomic E-state index is 0.00379. The van der Waals surface area contributed by atoms with E-state index >= 15 is 0 Å². The van der Waals surface area contributed by atoms with Crippen molar-refractivity contribution in [3.8, 4) is 0 Å². The van der Waals surface area contributed by atoms with Crippen molar-refractivity contribution in [3.05, 3.63) is 35.9 Å². The van der Waals surface area contributed by atoms with Gasteiger partial charge in [0.2, 0.25) is 11.8 Å². The predicted octanol–water partition coefficient (Wildman–Crippen LogP) is 2.02. The number of piperazine rings is 1. The van der Waals surface area contributed by atoms with Crippen LogP contribution in [0.4, 0.5) is 4.79 Å². The van der Waals surface area contributed by atoms with Crippen molar-refractivity contribution in [3.63, 3.8) is 0 Å². The zero-order valence-corrected chi connectivity index (χ0v) is 18.2. The van der Waals surface area contributed by atoms with Gasteiger partial charge in [0.25, 0.3) is 0 Å². The number of likely N-dealkylation sites (N-methyl/N-ethyl adjacent to an activating group) is 1. The molecule has 0 aliphatic carbocycles. The summed E-state index contributed by atoms with van der Waals surface area (Å²) in [7, 11) is 1.75. The van der Waals surface area contributed by atoms with Gasteiger partial charge in [0.05, 0.1) is 13.1 Å². The standard InChI is InChI=1S/C22H33N5O3/c1-4-6-13-25-15-19-26(18(10-5-2)21(25)29)20(28)16-24(3)27(19)22(30)23-14-17-11-8-7-9-12-17/h7-9,11-12,18-19H,4-6,10,13-16H2,1-3H3,(H,23,30)/t18-,19?/m0/s1. The van der Waals surface area contributed by atoms with E-state index in [2.05, 4.69) is 12.2 Å². The second kappa shape index (κ2) is 9.93. The molecule has 1 aromatic carbocycles. The molecule has 4 amide bonds. The molecule has 0 aromatic heterocycles. The number of hydrogen-bond donors (Lipinski definition) is 1. The number of hydrazine groups is 1. The quantitative estimate of drug-likeness (QED) is 0.739. The van der Waals surface area contributed by atoms with Gasteiger partial charge in [-0.3, -0.25) is 9.59 Å². The maximum absolute atomic E-state index is 13.1. The van der Waals surface area contributed by atoms with Crippen LogP contribution in [0.3, 0.4) is 0 Å². The number of amides is 4. The first-order valence-corrected chi connectivity index (χ1v) is 10.9. The van der Waals surface area contributed by atoms with Gasteiger partial charge in [-0.2, -0.15) is 0 Å². The molecule has 8 heteroatoms. The van der Waals surface area contributed by atoms with Crippen molar-refractivity contribution < 1.29 is 14.4 Å². The summed E-state index contributed by atoms with van der Waals surface area (Å²) in [5.74, 6) is -0.0966. The van der Waals surface area contributed by atoms with E-state index in [9.17, 15) is 14.4 Å². The van der Waals surface area contributed by atoms with Gasteiger partial charge in [0, 0.05) is 20.1 Å². The first-order valence-electron chi connectivity index (χ1n) is 10.9. The molecule has 1 aromatic rings. The van der Waals surface area contributed by atoms with Crippen molar-refractivity contribution in [2.75, 3.05) is 26.7 Å². The fourth-order valence-electron chi connectivity index (χ4n) is 4.26. The Morgan fingerprint density at radius 2 is 1.87 bits per heavy atom. The Kier molecular flexibility index (Phi) is 7.31. The lowest BCUT2D eigenvalue weighted by atomic mass is 10.0. The number of benzene rings is 1. The molecule has 1 unspecified atom stereocenters. The average Bonchev–Trinajstić information content (AvgIpc) is 2.73. The molecule has 2 aliphatic rings. The van der Waals surface area contributed by atoms with Gasteiger partial charge in [-0.05, 0) is 18.4 Å². The summed E-state index contributed by atoms with van der Waals surface area (Å²) in [5, 5.41) is 6.24. The number of rotatable bonds is 7. The minimum Gasteiger partial charge on any atom is -0.337 e. The van der Waals surface area contributed by atoms with Crippen molar-refractivity contribution in [2.45, 2.75) is 58.3 Å². The highest BCUT2D eigenvalue weighted by Crippen LogP contribution is 2.28. The van der Waals surface area contributed by atoms with Gasteiger partial charge < -0.3 is 15.1 Å². The van der Waals surface area contributed by atoms with E-state index in [0.29, 0.717) is 26.1 Å². The van der Waals surface area contributed by atoms with Crippen LogP contribution in [0.1, 0.15) is 45.1 Å². The predicted molar refractivity (Wildman–Crippen MR) is 114 cm³/mol. The molecule has 1 N–H and O–H groups in total. The second-order valence-corrected chi connectivity index (χ2v) is 8.03. The van der Waals surface area contributed by atoms with Crippen LogP contribution >= 0.6 is 0 Å². The van der Waals surface area contributed by atoms with E-state index in [1.165, 1.54) is 0 Å². The molecule has 2 saturated heterocycles. The number of carbonyl (C=O) groups excluding carboxylic acids is 3. The smallest absolute Gasteiger partial charge is 0.334 e. The van der Waals surface area contributed by atoms with Crippen LogP contribution in [0.2, 0.25) is 0 Å². The first kappa shape index (κ1) is 22.1. The molecule has 0 spiro atoms. The van der Waals surface area contributed by atoms with Crippen molar-refractivity contribution in [2.24, 2.45) is 0 Å². The normalized spacial score (nSPS) is 22.3. The molecule has 2 heterocycles. The van der Waals surface area contributed by atoms with Gasteiger partial charge in [-0.1, -0.05) is 57.0 Å². The molecule has 0 radical (unpaired) electrons. The molecule has 2 fully saturated rings. The summed E-state index contributed by atoms with van der Waals surface area (Å²) in [6, 6.07) is 8.95. The second-order valence-electron chi connectivity index (χ2n) is 8.03. The number of carbonyl (C=O) groups is 3. The van der Waals surface area contributed by atoms with E-state index in [1.807, 2.05) is 42.2 Å². The number of nitrogens with zero attached hydrogens (tertiary/aromatic N) is 4. The monoisotopic (exact) mass is 415 g/mol. The van der Waals surface area contributed by atoms with Crippen molar-refractivity contribution >= 4 is 17.8 Å². The van der Waals surface area contributed by atoms with Crippen LogP contribution in [0.15, 0.2) is 30.3 Å². The molecular weight excluding hydrogens is 382 g/mol. The third-order valence-corrected chi connectivity index (χ3v) is 5.78. The number of hydrogen-bond acceptors (Lipinski definition) is 4. The third-order valence-electron chi connectivity index (χ3n) is 5.78. The number of nitrogens with one attached hydrogen (secondary N) is 1. The number of urea groups is 1. The number of unbranched alkanes of at least 4 members (excludes halogenated alkanes) is 1. The third kappa shape index (κ3) is 4.59. The maximum atomic E-state index is 13.1. The first-order chi connectivity index (χ1) is 14.5. The van der Waals surface area contributed by atoms with E-state index in [0.717, 1.165) is 24.8 Å². The van der Waals surface area contributed by atoms with Crippen LogP contribution in [0, 0.1) is 0 Å². The van der Waals surface area contributed by atoms with Crippen LogP contribution in [0.25, 0.3) is 0 Å². The van der Waals surface area contributed by atoms with E-state index in [-0.39, 0.29) is 24.4 Å². The molecule has 2 atom stereocenters. The molecule has 0 saturated carbocycles. The summed E-state index contributed by atoms with van der Waals surface area (Å²) in [6.07, 6.45) is 2.80. The van der Waals surface area contributed by atoms with Crippen LogP contribution in [-0.4, -0.2) is 76.6 Å². The van der Waals surface area contributed by atoms with E-state index in [4.69, 9.17) is 0 Å². The zero-order chi connectivity index (χ0) is 21.7. The van der Waals surface area contributed by atoms with E-state index in [1.54, 1.807) is 22.0 Å². The minimum atomic E-state index is -0.503. The van der Waals surface area contributed by atoms with Crippen LogP contribution in [0.5, 0.6) is 0 Å². The highest BCUT2D eigenvalue weighted by molar-refractivity contribution is 5.91. The largest absolute Gasteiger partial charge is 0.337 e. The summed E-state index contributed by atoms with van der Waals surface area (Å²) in [6.45, 7) is 5.58. The number of fused-ring (bicyclic) bond motifs is 1. The van der Waals surface area contributed by atoms with E-state index < -0.39 is 12.2 Å².